The van der Waals surface area contributed by atoms with Gasteiger partial charge in [0.25, 0.3) is 5.91 Å². The summed E-state index contributed by atoms with van der Waals surface area (Å²) < 4.78 is 13.8. The first-order chi connectivity index (χ1) is 16.6. The number of nitrogens with one attached hydrogen (secondary N) is 1. The Balaban J connectivity index is 1.31. The molecule has 34 heavy (non-hydrogen) atoms. The van der Waals surface area contributed by atoms with E-state index in [1.807, 2.05) is 48.5 Å². The highest BCUT2D eigenvalue weighted by Crippen LogP contribution is 2.21. The van der Waals surface area contributed by atoms with Gasteiger partial charge in [-0.1, -0.05) is 42.5 Å². The van der Waals surface area contributed by atoms with E-state index in [9.17, 15) is 4.79 Å². The predicted octanol–water partition coefficient (Wildman–Crippen LogP) is 4.86. The highest BCUT2D eigenvalue weighted by Gasteiger charge is 2.11. The molecule has 0 fully saturated rings. The van der Waals surface area contributed by atoms with Crippen LogP contribution in [0.1, 0.15) is 23.4 Å². The lowest BCUT2D eigenvalue weighted by Crippen LogP contribution is -2.30. The normalized spacial score (nSPS) is 10.9. The van der Waals surface area contributed by atoms with Crippen LogP contribution in [0.3, 0.4) is 0 Å². The summed E-state index contributed by atoms with van der Waals surface area (Å²) >= 11 is 0. The van der Waals surface area contributed by atoms with Gasteiger partial charge in [-0.05, 0) is 61.7 Å². The molecule has 4 rings (SSSR count). The van der Waals surface area contributed by atoms with E-state index in [0.717, 1.165) is 41.0 Å². The molecule has 0 unspecified atom stereocenters. The molecule has 0 atom stereocenters. The summed E-state index contributed by atoms with van der Waals surface area (Å²) in [5.41, 5.74) is 4.39. The van der Waals surface area contributed by atoms with E-state index in [2.05, 4.69) is 48.0 Å². The van der Waals surface area contributed by atoms with E-state index in [1.54, 1.807) is 0 Å². The molecule has 1 heterocycles. The van der Waals surface area contributed by atoms with Crippen molar-refractivity contribution >= 4 is 16.9 Å². The van der Waals surface area contributed by atoms with Crippen molar-refractivity contribution in [3.8, 4) is 11.5 Å². The first-order valence-electron chi connectivity index (χ1n) is 11.7. The molecule has 3 aromatic carbocycles. The number of para-hydroxylation sites is 3. The Kier molecular flexibility index (Phi) is 7.81. The van der Waals surface area contributed by atoms with Gasteiger partial charge >= 0.3 is 0 Å². The maximum atomic E-state index is 12.1. The Morgan fingerprint density at radius 1 is 0.971 bits per heavy atom. The summed E-state index contributed by atoms with van der Waals surface area (Å²) in [6.07, 6.45) is 1.55. The van der Waals surface area contributed by atoms with E-state index in [-0.39, 0.29) is 12.5 Å². The molecule has 1 amide bonds. The van der Waals surface area contributed by atoms with Crippen LogP contribution in [0.4, 0.5) is 0 Å². The van der Waals surface area contributed by atoms with Crippen molar-refractivity contribution in [2.24, 2.45) is 0 Å². The van der Waals surface area contributed by atoms with Crippen LogP contribution in [0.15, 0.2) is 72.8 Å². The molecule has 0 aliphatic heterocycles. The zero-order valence-corrected chi connectivity index (χ0v) is 19.8. The quantitative estimate of drug-likeness (QED) is 0.327. The smallest absolute Gasteiger partial charge is 0.257 e. The second-order valence-electron chi connectivity index (χ2n) is 8.34. The molecule has 1 N–H and O–H groups in total. The Morgan fingerprint density at radius 3 is 2.62 bits per heavy atom. The number of carbonyl (C=O) groups is 1. The zero-order valence-electron chi connectivity index (χ0n) is 19.8. The van der Waals surface area contributed by atoms with Gasteiger partial charge in [0.05, 0.1) is 17.6 Å². The Labute approximate surface area is 200 Å². The van der Waals surface area contributed by atoms with Gasteiger partial charge in [-0.15, -0.1) is 0 Å². The van der Waals surface area contributed by atoms with Crippen LogP contribution in [0.25, 0.3) is 11.0 Å². The third kappa shape index (κ3) is 6.16. The van der Waals surface area contributed by atoms with Crippen molar-refractivity contribution in [3.63, 3.8) is 0 Å². The van der Waals surface area contributed by atoms with Crippen molar-refractivity contribution in [2.45, 2.75) is 33.2 Å². The van der Waals surface area contributed by atoms with Crippen LogP contribution in [0, 0.1) is 13.8 Å². The number of hydrogen-bond acceptors (Lipinski definition) is 4. The lowest BCUT2D eigenvalue weighted by Gasteiger charge is -2.13. The van der Waals surface area contributed by atoms with Crippen LogP contribution < -0.4 is 14.8 Å². The summed E-state index contributed by atoms with van der Waals surface area (Å²) in [6, 6.07) is 23.8. The van der Waals surface area contributed by atoms with Crippen molar-refractivity contribution in [1.29, 1.82) is 0 Å². The highest BCUT2D eigenvalue weighted by atomic mass is 16.5. The summed E-state index contributed by atoms with van der Waals surface area (Å²) in [4.78, 5) is 16.9. The van der Waals surface area contributed by atoms with E-state index in [1.165, 1.54) is 5.56 Å². The lowest BCUT2D eigenvalue weighted by molar-refractivity contribution is -0.123. The molecule has 0 aliphatic carbocycles. The monoisotopic (exact) mass is 457 g/mol. The van der Waals surface area contributed by atoms with Crippen LogP contribution in [-0.4, -0.2) is 35.2 Å². The Bertz CT molecular complexity index is 1230. The number of imidazole rings is 1. The summed E-state index contributed by atoms with van der Waals surface area (Å²) in [7, 11) is 0. The standard InChI is InChI=1S/C28H31N3O3/c1-21-14-15-22(2)26(19-21)33-18-17-31-25-12-7-6-11-24(25)30-27(31)13-8-16-29-28(32)20-34-23-9-4-3-5-10-23/h3-7,9-12,14-15,19H,8,13,16-18,20H2,1-2H3,(H,29,32). The lowest BCUT2D eigenvalue weighted by atomic mass is 10.1. The molecule has 0 bridgehead atoms. The summed E-state index contributed by atoms with van der Waals surface area (Å²) in [5.74, 6) is 2.49. The van der Waals surface area contributed by atoms with Crippen LogP contribution in [0.5, 0.6) is 11.5 Å². The summed E-state index contributed by atoms with van der Waals surface area (Å²) in [5, 5.41) is 2.93. The number of benzene rings is 3. The third-order valence-corrected chi connectivity index (χ3v) is 5.66. The van der Waals surface area contributed by atoms with Gasteiger partial charge in [-0.25, -0.2) is 4.98 Å². The Morgan fingerprint density at radius 2 is 1.76 bits per heavy atom. The number of nitrogens with zero attached hydrogens (tertiary/aromatic N) is 2. The van der Waals surface area contributed by atoms with Gasteiger partial charge in [0.2, 0.25) is 0 Å². The summed E-state index contributed by atoms with van der Waals surface area (Å²) in [6.45, 7) is 5.98. The minimum atomic E-state index is -0.126. The van der Waals surface area contributed by atoms with E-state index >= 15 is 0 Å². The van der Waals surface area contributed by atoms with E-state index in [0.29, 0.717) is 25.4 Å². The van der Waals surface area contributed by atoms with Gasteiger partial charge < -0.3 is 19.4 Å². The fourth-order valence-corrected chi connectivity index (χ4v) is 3.87. The number of aromatic nitrogens is 2. The number of ether oxygens (including phenoxy) is 2. The fraction of sp³-hybridized carbons (Fsp3) is 0.286. The number of fused-ring (bicyclic) bond motifs is 1. The maximum Gasteiger partial charge on any atom is 0.257 e. The number of carbonyl (C=O) groups excluding carboxylic acids is 1. The van der Waals surface area contributed by atoms with Crippen molar-refractivity contribution < 1.29 is 14.3 Å². The van der Waals surface area contributed by atoms with Crippen LogP contribution in [0.2, 0.25) is 0 Å². The molecule has 0 aliphatic rings. The number of hydrogen-bond donors (Lipinski definition) is 1. The minimum absolute atomic E-state index is 0.0121. The number of rotatable bonds is 11. The topological polar surface area (TPSA) is 65.4 Å². The van der Waals surface area contributed by atoms with Crippen LogP contribution in [-0.2, 0) is 17.8 Å². The first-order valence-corrected chi connectivity index (χ1v) is 11.7. The van der Waals surface area contributed by atoms with E-state index in [4.69, 9.17) is 14.5 Å². The van der Waals surface area contributed by atoms with Gasteiger partial charge in [0.1, 0.15) is 23.9 Å². The zero-order chi connectivity index (χ0) is 23.8. The molecule has 0 spiro atoms. The molecule has 0 radical (unpaired) electrons. The second-order valence-corrected chi connectivity index (χ2v) is 8.34. The molecule has 176 valence electrons. The van der Waals surface area contributed by atoms with Crippen LogP contribution >= 0.6 is 0 Å². The van der Waals surface area contributed by atoms with Gasteiger partial charge in [0.15, 0.2) is 6.61 Å². The molecular weight excluding hydrogens is 426 g/mol. The number of amides is 1. The minimum Gasteiger partial charge on any atom is -0.491 e. The third-order valence-electron chi connectivity index (χ3n) is 5.66. The largest absolute Gasteiger partial charge is 0.491 e. The first kappa shape index (κ1) is 23.4. The van der Waals surface area contributed by atoms with Crippen molar-refractivity contribution in [2.75, 3.05) is 19.8 Å². The average Bonchev–Trinajstić information content (AvgIpc) is 3.20. The number of aryl methyl sites for hydroxylation is 3. The van der Waals surface area contributed by atoms with E-state index < -0.39 is 0 Å². The second kappa shape index (κ2) is 11.4. The molecule has 0 saturated heterocycles. The van der Waals surface area contributed by atoms with Gasteiger partial charge in [-0.3, -0.25) is 4.79 Å². The molecule has 0 saturated carbocycles. The fourth-order valence-electron chi connectivity index (χ4n) is 3.87. The Hall–Kier alpha value is -3.80. The van der Waals surface area contributed by atoms with Crippen molar-refractivity contribution in [3.05, 3.63) is 89.7 Å². The van der Waals surface area contributed by atoms with Gasteiger partial charge in [-0.2, -0.15) is 0 Å². The molecule has 6 heteroatoms. The molecule has 4 aromatic rings. The SMILES string of the molecule is Cc1ccc(C)c(OCCn2c(CCCNC(=O)COc3ccccc3)nc3ccccc32)c1. The van der Waals surface area contributed by atoms with Gasteiger partial charge in [0, 0.05) is 13.0 Å². The van der Waals surface area contributed by atoms with Crippen molar-refractivity contribution in [1.82, 2.24) is 14.9 Å². The highest BCUT2D eigenvalue weighted by molar-refractivity contribution is 5.77. The molecular formula is C28H31N3O3. The maximum absolute atomic E-state index is 12.1. The average molecular weight is 458 g/mol. The molecule has 6 nitrogen and oxygen atoms in total. The molecule has 1 aromatic heterocycles. The predicted molar refractivity (Wildman–Crippen MR) is 134 cm³/mol.